The standard InChI is InChI=1S/C8H13N3O/c1-2-7(5-9)11-4-3-10-6-8(11)12/h7,10H,2-4,6H2,1H3. The van der Waals surface area contributed by atoms with Crippen molar-refractivity contribution in [2.24, 2.45) is 0 Å². The molecule has 1 fully saturated rings. The second kappa shape index (κ2) is 4.07. The fourth-order valence-electron chi connectivity index (χ4n) is 1.33. The van der Waals surface area contributed by atoms with Gasteiger partial charge in [0.1, 0.15) is 6.04 Å². The Bertz CT molecular complexity index is 209. The lowest BCUT2D eigenvalue weighted by Crippen LogP contribution is -2.51. The summed E-state index contributed by atoms with van der Waals surface area (Å²) < 4.78 is 0. The van der Waals surface area contributed by atoms with Gasteiger partial charge in [0.2, 0.25) is 5.91 Å². The summed E-state index contributed by atoms with van der Waals surface area (Å²) in [4.78, 5) is 12.9. The van der Waals surface area contributed by atoms with Crippen molar-refractivity contribution in [2.45, 2.75) is 19.4 Å². The molecule has 0 aromatic carbocycles. The van der Waals surface area contributed by atoms with E-state index in [-0.39, 0.29) is 11.9 Å². The highest BCUT2D eigenvalue weighted by Crippen LogP contribution is 2.04. The lowest BCUT2D eigenvalue weighted by atomic mass is 10.2. The maximum Gasteiger partial charge on any atom is 0.237 e. The Kier molecular flexibility index (Phi) is 3.06. The van der Waals surface area contributed by atoms with E-state index in [0.717, 1.165) is 6.54 Å². The molecule has 12 heavy (non-hydrogen) atoms. The zero-order valence-electron chi connectivity index (χ0n) is 7.21. The predicted octanol–water partition coefficient (Wildman–Crippen LogP) is -0.280. The molecule has 1 aliphatic rings. The fourth-order valence-corrected chi connectivity index (χ4v) is 1.33. The number of nitrogens with zero attached hydrogens (tertiary/aromatic N) is 2. The molecular formula is C8H13N3O. The first-order valence-corrected chi connectivity index (χ1v) is 4.19. The largest absolute Gasteiger partial charge is 0.324 e. The topological polar surface area (TPSA) is 56.1 Å². The van der Waals surface area contributed by atoms with Gasteiger partial charge in [-0.1, -0.05) is 6.92 Å². The van der Waals surface area contributed by atoms with Crippen LogP contribution in [-0.2, 0) is 4.79 Å². The molecule has 4 nitrogen and oxygen atoms in total. The predicted molar refractivity (Wildman–Crippen MR) is 44.3 cm³/mol. The summed E-state index contributed by atoms with van der Waals surface area (Å²) in [6, 6.07) is 1.89. The van der Waals surface area contributed by atoms with Crippen LogP contribution in [0.5, 0.6) is 0 Å². The molecule has 0 aliphatic carbocycles. The summed E-state index contributed by atoms with van der Waals surface area (Å²) >= 11 is 0. The summed E-state index contributed by atoms with van der Waals surface area (Å²) in [7, 11) is 0. The summed E-state index contributed by atoms with van der Waals surface area (Å²) in [5.74, 6) is 0.0367. The van der Waals surface area contributed by atoms with E-state index in [2.05, 4.69) is 11.4 Å². The van der Waals surface area contributed by atoms with E-state index in [1.807, 2.05) is 6.92 Å². The first kappa shape index (κ1) is 9.01. The first-order chi connectivity index (χ1) is 5.79. The number of piperazine rings is 1. The van der Waals surface area contributed by atoms with Gasteiger partial charge in [-0.15, -0.1) is 0 Å². The monoisotopic (exact) mass is 167 g/mol. The van der Waals surface area contributed by atoms with Gasteiger partial charge < -0.3 is 10.2 Å². The SMILES string of the molecule is CCC(C#N)N1CCNCC1=O. The second-order valence-corrected chi connectivity index (χ2v) is 2.82. The Morgan fingerprint density at radius 3 is 3.08 bits per heavy atom. The summed E-state index contributed by atoms with van der Waals surface area (Å²) in [5, 5.41) is 11.7. The smallest absolute Gasteiger partial charge is 0.237 e. The molecule has 0 radical (unpaired) electrons. The molecule has 66 valence electrons. The van der Waals surface area contributed by atoms with Crippen LogP contribution in [0.15, 0.2) is 0 Å². The minimum Gasteiger partial charge on any atom is -0.324 e. The number of nitriles is 1. The zero-order chi connectivity index (χ0) is 8.97. The third-order valence-electron chi connectivity index (χ3n) is 2.04. The molecule has 1 unspecified atom stereocenters. The summed E-state index contributed by atoms with van der Waals surface area (Å²) in [5.41, 5.74) is 0. The van der Waals surface area contributed by atoms with Crippen molar-refractivity contribution in [3.8, 4) is 6.07 Å². The fraction of sp³-hybridized carbons (Fsp3) is 0.750. The second-order valence-electron chi connectivity index (χ2n) is 2.82. The third kappa shape index (κ3) is 1.74. The average molecular weight is 167 g/mol. The Balaban J connectivity index is 2.59. The lowest BCUT2D eigenvalue weighted by Gasteiger charge is -2.30. The van der Waals surface area contributed by atoms with Gasteiger partial charge in [-0.25, -0.2) is 0 Å². The number of hydrogen-bond acceptors (Lipinski definition) is 3. The van der Waals surface area contributed by atoms with Crippen molar-refractivity contribution in [2.75, 3.05) is 19.6 Å². The molecule has 1 aliphatic heterocycles. The van der Waals surface area contributed by atoms with Crippen LogP contribution in [0.2, 0.25) is 0 Å². The number of nitrogens with one attached hydrogen (secondary N) is 1. The lowest BCUT2D eigenvalue weighted by molar-refractivity contribution is -0.133. The molecule has 0 aromatic rings. The molecule has 1 amide bonds. The molecule has 1 rings (SSSR count). The average Bonchev–Trinajstić information content (AvgIpc) is 2.10. The Labute approximate surface area is 72.2 Å². The number of hydrogen-bond donors (Lipinski definition) is 1. The number of carbonyl (C=O) groups excluding carboxylic acids is 1. The van der Waals surface area contributed by atoms with Gasteiger partial charge in [0, 0.05) is 13.1 Å². The number of amides is 1. The van der Waals surface area contributed by atoms with E-state index in [0.29, 0.717) is 19.5 Å². The van der Waals surface area contributed by atoms with Gasteiger partial charge in [-0.2, -0.15) is 5.26 Å². The van der Waals surface area contributed by atoms with Crippen LogP contribution >= 0.6 is 0 Å². The summed E-state index contributed by atoms with van der Waals surface area (Å²) in [6.45, 7) is 3.75. The molecule has 1 saturated heterocycles. The highest BCUT2D eigenvalue weighted by molar-refractivity contribution is 5.79. The van der Waals surface area contributed by atoms with Crippen LogP contribution in [0.25, 0.3) is 0 Å². The van der Waals surface area contributed by atoms with Gasteiger partial charge in [-0.3, -0.25) is 4.79 Å². The van der Waals surface area contributed by atoms with Gasteiger partial charge in [0.15, 0.2) is 0 Å². The number of rotatable bonds is 2. The quantitative estimate of drug-likeness (QED) is 0.615. The third-order valence-corrected chi connectivity index (χ3v) is 2.04. The minimum absolute atomic E-state index is 0.0367. The van der Waals surface area contributed by atoms with E-state index in [4.69, 9.17) is 5.26 Å². The van der Waals surface area contributed by atoms with Crippen LogP contribution < -0.4 is 5.32 Å². The van der Waals surface area contributed by atoms with Crippen molar-refractivity contribution < 1.29 is 4.79 Å². The molecule has 1 heterocycles. The highest BCUT2D eigenvalue weighted by atomic mass is 16.2. The van der Waals surface area contributed by atoms with Gasteiger partial charge in [0.25, 0.3) is 0 Å². The molecule has 1 N–H and O–H groups in total. The molecule has 4 heteroatoms. The van der Waals surface area contributed by atoms with Gasteiger partial charge in [-0.05, 0) is 6.42 Å². The van der Waals surface area contributed by atoms with E-state index in [1.165, 1.54) is 0 Å². The van der Waals surface area contributed by atoms with Crippen LogP contribution in [0.4, 0.5) is 0 Å². The maximum atomic E-state index is 11.3. The van der Waals surface area contributed by atoms with Crippen molar-refractivity contribution in [1.82, 2.24) is 10.2 Å². The van der Waals surface area contributed by atoms with Gasteiger partial charge in [0.05, 0.1) is 12.6 Å². The van der Waals surface area contributed by atoms with E-state index >= 15 is 0 Å². The minimum atomic E-state index is -0.236. The summed E-state index contributed by atoms with van der Waals surface area (Å²) in [6.07, 6.45) is 0.711. The van der Waals surface area contributed by atoms with Crippen LogP contribution in [0.1, 0.15) is 13.3 Å². The van der Waals surface area contributed by atoms with Crippen LogP contribution in [-0.4, -0.2) is 36.5 Å². The molecule has 0 spiro atoms. The maximum absolute atomic E-state index is 11.3. The molecule has 1 atom stereocenters. The first-order valence-electron chi connectivity index (χ1n) is 4.19. The van der Waals surface area contributed by atoms with E-state index in [9.17, 15) is 4.79 Å². The normalized spacial score (nSPS) is 20.3. The highest BCUT2D eigenvalue weighted by Gasteiger charge is 2.23. The van der Waals surface area contributed by atoms with Crippen molar-refractivity contribution in [3.63, 3.8) is 0 Å². The molecule has 0 aromatic heterocycles. The van der Waals surface area contributed by atoms with Crippen molar-refractivity contribution in [3.05, 3.63) is 0 Å². The molecule has 0 bridgehead atoms. The Morgan fingerprint density at radius 2 is 2.58 bits per heavy atom. The number of carbonyl (C=O) groups is 1. The Morgan fingerprint density at radius 1 is 1.83 bits per heavy atom. The van der Waals surface area contributed by atoms with E-state index < -0.39 is 0 Å². The van der Waals surface area contributed by atoms with Gasteiger partial charge >= 0.3 is 0 Å². The van der Waals surface area contributed by atoms with Crippen molar-refractivity contribution in [1.29, 1.82) is 5.26 Å². The van der Waals surface area contributed by atoms with Crippen LogP contribution in [0.3, 0.4) is 0 Å². The Hall–Kier alpha value is -1.08. The van der Waals surface area contributed by atoms with E-state index in [1.54, 1.807) is 4.90 Å². The van der Waals surface area contributed by atoms with Crippen molar-refractivity contribution >= 4 is 5.91 Å². The molecule has 0 saturated carbocycles. The molecular weight excluding hydrogens is 154 g/mol. The van der Waals surface area contributed by atoms with Crippen LogP contribution in [0, 0.1) is 11.3 Å². The zero-order valence-corrected chi connectivity index (χ0v) is 7.21.